The molecule has 0 saturated heterocycles. The van der Waals surface area contributed by atoms with Crippen LogP contribution in [0.15, 0.2) is 18.2 Å². The average molecular weight is 303 g/mol. The van der Waals surface area contributed by atoms with Gasteiger partial charge in [-0.05, 0) is 43.5 Å². The van der Waals surface area contributed by atoms with E-state index in [2.05, 4.69) is 5.32 Å². The number of hydrogen-bond donors (Lipinski definition) is 1. The molecule has 120 valence electrons. The Kier molecular flexibility index (Phi) is 7.02. The van der Waals surface area contributed by atoms with Crippen LogP contribution in [0.2, 0.25) is 0 Å². The second-order valence-electron chi connectivity index (χ2n) is 5.06. The topological polar surface area (TPSA) is 21.3 Å². The molecule has 0 atom stereocenters. The van der Waals surface area contributed by atoms with Gasteiger partial charge in [0, 0.05) is 6.54 Å². The van der Waals surface area contributed by atoms with Crippen molar-refractivity contribution in [3.05, 3.63) is 29.3 Å². The number of nitrogens with one attached hydrogen (secondary N) is 1. The van der Waals surface area contributed by atoms with E-state index in [9.17, 15) is 13.2 Å². The van der Waals surface area contributed by atoms with E-state index in [1.54, 1.807) is 6.07 Å². The SMILES string of the molecule is CCCNCc1ccc(OC(CC)CC)c(C(F)(F)F)c1. The molecule has 0 heterocycles. The van der Waals surface area contributed by atoms with Crippen molar-refractivity contribution < 1.29 is 17.9 Å². The van der Waals surface area contributed by atoms with Crippen molar-refractivity contribution in [2.45, 2.75) is 58.9 Å². The van der Waals surface area contributed by atoms with E-state index in [0.717, 1.165) is 13.0 Å². The lowest BCUT2D eigenvalue weighted by Gasteiger charge is -2.20. The molecule has 0 radical (unpaired) electrons. The van der Waals surface area contributed by atoms with Crippen LogP contribution < -0.4 is 10.1 Å². The van der Waals surface area contributed by atoms with Crippen LogP contribution in [0.1, 0.15) is 51.2 Å². The zero-order valence-electron chi connectivity index (χ0n) is 12.9. The maximum Gasteiger partial charge on any atom is 0.419 e. The minimum absolute atomic E-state index is 0.0737. The van der Waals surface area contributed by atoms with Crippen LogP contribution in [0.3, 0.4) is 0 Å². The largest absolute Gasteiger partial charge is 0.490 e. The highest BCUT2D eigenvalue weighted by molar-refractivity contribution is 5.39. The maximum atomic E-state index is 13.2. The highest BCUT2D eigenvalue weighted by Gasteiger charge is 2.35. The molecule has 0 aliphatic heterocycles. The van der Waals surface area contributed by atoms with E-state index >= 15 is 0 Å². The lowest BCUT2D eigenvalue weighted by atomic mass is 10.1. The van der Waals surface area contributed by atoms with Crippen molar-refractivity contribution in [3.8, 4) is 5.75 Å². The van der Waals surface area contributed by atoms with E-state index in [4.69, 9.17) is 4.74 Å². The predicted molar refractivity (Wildman–Crippen MR) is 78.4 cm³/mol. The van der Waals surface area contributed by atoms with Gasteiger partial charge in [-0.15, -0.1) is 0 Å². The number of halogens is 3. The van der Waals surface area contributed by atoms with Crippen LogP contribution in [0.25, 0.3) is 0 Å². The van der Waals surface area contributed by atoms with Crippen molar-refractivity contribution in [1.29, 1.82) is 0 Å². The molecule has 0 amide bonds. The summed E-state index contributed by atoms with van der Waals surface area (Å²) in [6, 6.07) is 4.31. The van der Waals surface area contributed by atoms with Crippen molar-refractivity contribution >= 4 is 0 Å². The Hall–Kier alpha value is -1.23. The van der Waals surface area contributed by atoms with Gasteiger partial charge in [-0.25, -0.2) is 0 Å². The molecule has 0 aromatic heterocycles. The summed E-state index contributed by atoms with van der Waals surface area (Å²) in [7, 11) is 0. The van der Waals surface area contributed by atoms with Crippen LogP contribution >= 0.6 is 0 Å². The van der Waals surface area contributed by atoms with E-state index in [1.807, 2.05) is 20.8 Å². The van der Waals surface area contributed by atoms with Crippen LogP contribution in [0.4, 0.5) is 13.2 Å². The summed E-state index contributed by atoms with van der Waals surface area (Å²) in [5.41, 5.74) is -0.0714. The molecule has 1 rings (SSSR count). The van der Waals surface area contributed by atoms with E-state index in [1.165, 1.54) is 12.1 Å². The van der Waals surface area contributed by atoms with Crippen molar-refractivity contribution in [2.24, 2.45) is 0 Å². The first-order valence-electron chi connectivity index (χ1n) is 7.49. The highest BCUT2D eigenvalue weighted by Crippen LogP contribution is 2.37. The number of rotatable bonds is 8. The van der Waals surface area contributed by atoms with Crippen LogP contribution in [-0.4, -0.2) is 12.6 Å². The van der Waals surface area contributed by atoms with Gasteiger partial charge in [0.25, 0.3) is 0 Å². The van der Waals surface area contributed by atoms with Gasteiger partial charge in [0.15, 0.2) is 0 Å². The highest BCUT2D eigenvalue weighted by atomic mass is 19.4. The fraction of sp³-hybridized carbons (Fsp3) is 0.625. The molecule has 0 aliphatic carbocycles. The van der Waals surface area contributed by atoms with Gasteiger partial charge in [0.05, 0.1) is 11.7 Å². The van der Waals surface area contributed by atoms with Gasteiger partial charge in [-0.2, -0.15) is 13.2 Å². The minimum Gasteiger partial charge on any atom is -0.490 e. The molecule has 1 aromatic rings. The summed E-state index contributed by atoms with van der Waals surface area (Å²) in [6.45, 7) is 7.05. The molecule has 0 spiro atoms. The molecule has 0 unspecified atom stereocenters. The first kappa shape index (κ1) is 17.8. The lowest BCUT2D eigenvalue weighted by Crippen LogP contribution is -2.18. The maximum absolute atomic E-state index is 13.2. The zero-order chi connectivity index (χ0) is 15.9. The summed E-state index contributed by atoms with van der Waals surface area (Å²) in [4.78, 5) is 0. The number of ether oxygens (including phenoxy) is 1. The van der Waals surface area contributed by atoms with Crippen LogP contribution in [0, 0.1) is 0 Å². The number of alkyl halides is 3. The molecule has 0 saturated carbocycles. The van der Waals surface area contributed by atoms with Gasteiger partial charge in [-0.3, -0.25) is 0 Å². The molecule has 2 nitrogen and oxygen atoms in total. The Morgan fingerprint density at radius 1 is 1.14 bits per heavy atom. The monoisotopic (exact) mass is 303 g/mol. The number of hydrogen-bond acceptors (Lipinski definition) is 2. The van der Waals surface area contributed by atoms with Gasteiger partial charge >= 0.3 is 6.18 Å². The summed E-state index contributed by atoms with van der Waals surface area (Å²) >= 11 is 0. The number of benzene rings is 1. The van der Waals surface area contributed by atoms with Gasteiger partial charge < -0.3 is 10.1 Å². The van der Waals surface area contributed by atoms with Gasteiger partial charge in [0.1, 0.15) is 5.75 Å². The Morgan fingerprint density at radius 2 is 1.81 bits per heavy atom. The lowest BCUT2D eigenvalue weighted by molar-refractivity contribution is -0.139. The molecule has 1 N–H and O–H groups in total. The molecule has 21 heavy (non-hydrogen) atoms. The van der Waals surface area contributed by atoms with Crippen molar-refractivity contribution in [3.63, 3.8) is 0 Å². The Labute approximate surface area is 124 Å². The molecule has 5 heteroatoms. The van der Waals surface area contributed by atoms with Gasteiger partial charge in [-0.1, -0.05) is 26.8 Å². The van der Waals surface area contributed by atoms with E-state index < -0.39 is 11.7 Å². The predicted octanol–water partition coefficient (Wildman–Crippen LogP) is 4.77. The van der Waals surface area contributed by atoms with Crippen molar-refractivity contribution in [2.75, 3.05) is 6.54 Å². The summed E-state index contributed by atoms with van der Waals surface area (Å²) in [5, 5.41) is 3.10. The smallest absolute Gasteiger partial charge is 0.419 e. The molecule has 0 fully saturated rings. The van der Waals surface area contributed by atoms with E-state index in [-0.39, 0.29) is 11.9 Å². The third-order valence-corrected chi connectivity index (χ3v) is 3.31. The molecule has 0 bridgehead atoms. The average Bonchev–Trinajstić information content (AvgIpc) is 2.45. The molecule has 1 aromatic carbocycles. The molecular weight excluding hydrogens is 279 g/mol. The van der Waals surface area contributed by atoms with E-state index in [0.29, 0.717) is 24.9 Å². The third kappa shape index (κ3) is 5.58. The fourth-order valence-corrected chi connectivity index (χ4v) is 2.06. The van der Waals surface area contributed by atoms with Crippen LogP contribution in [0.5, 0.6) is 5.75 Å². The van der Waals surface area contributed by atoms with Gasteiger partial charge in [0.2, 0.25) is 0 Å². The Balaban J connectivity index is 2.97. The summed E-state index contributed by atoms with van der Waals surface area (Å²) in [5.74, 6) is -0.0737. The normalized spacial score (nSPS) is 12.0. The third-order valence-electron chi connectivity index (χ3n) is 3.31. The summed E-state index contributed by atoms with van der Waals surface area (Å²) < 4.78 is 45.0. The molecule has 0 aliphatic rings. The Morgan fingerprint density at radius 3 is 2.33 bits per heavy atom. The second-order valence-corrected chi connectivity index (χ2v) is 5.06. The zero-order valence-corrected chi connectivity index (χ0v) is 12.9. The fourth-order valence-electron chi connectivity index (χ4n) is 2.06. The quantitative estimate of drug-likeness (QED) is 0.698. The minimum atomic E-state index is -4.40. The van der Waals surface area contributed by atoms with Crippen molar-refractivity contribution in [1.82, 2.24) is 5.32 Å². The first-order chi connectivity index (χ1) is 9.92. The summed E-state index contributed by atoms with van der Waals surface area (Å²) in [6.07, 6.45) is -2.26. The van der Waals surface area contributed by atoms with Crippen LogP contribution in [-0.2, 0) is 12.7 Å². The molecular formula is C16H24F3NO. The standard InChI is InChI=1S/C16H24F3NO/c1-4-9-20-11-12-7-8-15(21-13(5-2)6-3)14(10-12)16(17,18)19/h7-8,10,13,20H,4-6,9,11H2,1-3H3. The first-order valence-corrected chi connectivity index (χ1v) is 7.49. The second kappa shape index (κ2) is 8.27. The Bertz CT molecular complexity index is 428.